The number of amides is 1. The average Bonchev–Trinajstić information content (AvgIpc) is 2.66. The lowest BCUT2D eigenvalue weighted by Crippen LogP contribution is -2.43. The summed E-state index contributed by atoms with van der Waals surface area (Å²) < 4.78 is 27.3. The molecule has 1 N–H and O–H groups in total. The minimum absolute atomic E-state index is 0.0969. The number of halogens is 1. The number of piperidine rings is 1. The number of benzene rings is 1. The second-order valence-electron chi connectivity index (χ2n) is 7.95. The van der Waals surface area contributed by atoms with Gasteiger partial charge in [0.2, 0.25) is 10.0 Å². The van der Waals surface area contributed by atoms with Gasteiger partial charge in [0.15, 0.2) is 0 Å². The van der Waals surface area contributed by atoms with E-state index in [1.807, 2.05) is 0 Å². The van der Waals surface area contributed by atoms with E-state index in [-0.39, 0.29) is 27.4 Å². The van der Waals surface area contributed by atoms with Crippen molar-refractivity contribution in [2.24, 2.45) is 11.8 Å². The quantitative estimate of drug-likeness (QED) is 0.810. The van der Waals surface area contributed by atoms with Crippen LogP contribution in [0.2, 0.25) is 5.02 Å². The Kier molecular flexibility index (Phi) is 6.49. The van der Waals surface area contributed by atoms with E-state index < -0.39 is 10.0 Å². The van der Waals surface area contributed by atoms with E-state index in [0.29, 0.717) is 24.9 Å². The number of carbonyl (C=O) groups is 1. The summed E-state index contributed by atoms with van der Waals surface area (Å²) in [5.74, 6) is 0.661. The maximum Gasteiger partial charge on any atom is 0.253 e. The van der Waals surface area contributed by atoms with Gasteiger partial charge in [0.25, 0.3) is 5.91 Å². The van der Waals surface area contributed by atoms with Crippen molar-refractivity contribution in [3.05, 3.63) is 28.8 Å². The molecule has 0 radical (unpaired) electrons. The fraction of sp³-hybridized carbons (Fsp3) is 0.650. The molecule has 2 fully saturated rings. The lowest BCUT2D eigenvalue weighted by Gasteiger charge is -2.34. The fourth-order valence-electron chi connectivity index (χ4n) is 4.13. The fourth-order valence-corrected chi connectivity index (χ4v) is 5.87. The highest BCUT2D eigenvalue weighted by Gasteiger charge is 2.30. The van der Waals surface area contributed by atoms with Gasteiger partial charge in [0.05, 0.1) is 15.5 Å². The SMILES string of the molecule is C[C@H]1[C@@H](NC(=O)c2cc(S(=O)(=O)N3CCCCC3)ccc2Cl)CCC[C@@H]1C. The Labute approximate surface area is 167 Å². The van der Waals surface area contributed by atoms with Crippen molar-refractivity contribution in [3.8, 4) is 0 Å². The van der Waals surface area contributed by atoms with Gasteiger partial charge in [-0.15, -0.1) is 0 Å². The van der Waals surface area contributed by atoms with Crippen LogP contribution in [0.1, 0.15) is 62.7 Å². The zero-order valence-corrected chi connectivity index (χ0v) is 17.7. The molecule has 3 atom stereocenters. The maximum absolute atomic E-state index is 12.9. The number of carbonyl (C=O) groups excluding carboxylic acids is 1. The van der Waals surface area contributed by atoms with Crippen LogP contribution in [-0.2, 0) is 10.0 Å². The van der Waals surface area contributed by atoms with Crippen LogP contribution in [-0.4, -0.2) is 37.8 Å². The van der Waals surface area contributed by atoms with Crippen molar-refractivity contribution >= 4 is 27.5 Å². The summed E-state index contributed by atoms with van der Waals surface area (Å²) >= 11 is 6.24. The molecule has 1 aromatic rings. The average molecular weight is 413 g/mol. The number of sulfonamides is 1. The zero-order valence-electron chi connectivity index (χ0n) is 16.1. The van der Waals surface area contributed by atoms with E-state index in [9.17, 15) is 13.2 Å². The first-order valence-corrected chi connectivity index (χ1v) is 11.7. The van der Waals surface area contributed by atoms with Gasteiger partial charge in [0, 0.05) is 19.1 Å². The van der Waals surface area contributed by atoms with E-state index in [2.05, 4.69) is 19.2 Å². The Hall–Kier alpha value is -1.11. The Bertz CT molecular complexity index is 790. The molecule has 0 unspecified atom stereocenters. The summed E-state index contributed by atoms with van der Waals surface area (Å²) in [7, 11) is -3.59. The second kappa shape index (κ2) is 8.50. The summed E-state index contributed by atoms with van der Waals surface area (Å²) in [6, 6.07) is 4.53. The summed E-state index contributed by atoms with van der Waals surface area (Å²) in [6.45, 7) is 5.43. The molecular formula is C20H29ClN2O3S. The van der Waals surface area contributed by atoms with Crippen LogP contribution in [0.25, 0.3) is 0 Å². The molecule has 5 nitrogen and oxygen atoms in total. The third-order valence-corrected chi connectivity index (χ3v) is 8.38. The number of nitrogens with zero attached hydrogens (tertiary/aromatic N) is 1. The van der Waals surface area contributed by atoms with Crippen molar-refractivity contribution in [3.63, 3.8) is 0 Å². The third kappa shape index (κ3) is 4.49. The molecule has 1 amide bonds. The van der Waals surface area contributed by atoms with E-state index in [4.69, 9.17) is 11.6 Å². The van der Waals surface area contributed by atoms with Crippen molar-refractivity contribution in [1.29, 1.82) is 0 Å². The van der Waals surface area contributed by atoms with E-state index in [1.165, 1.54) is 28.9 Å². The molecule has 0 spiro atoms. The van der Waals surface area contributed by atoms with Gasteiger partial charge in [-0.1, -0.05) is 44.7 Å². The Morgan fingerprint density at radius 2 is 1.81 bits per heavy atom. The first-order valence-electron chi connectivity index (χ1n) is 9.91. The molecule has 1 heterocycles. The van der Waals surface area contributed by atoms with Crippen LogP contribution < -0.4 is 5.32 Å². The topological polar surface area (TPSA) is 66.5 Å². The molecular weight excluding hydrogens is 384 g/mol. The molecule has 3 rings (SSSR count). The maximum atomic E-state index is 12.9. The standard InChI is InChI=1S/C20H29ClN2O3S/c1-14-7-6-8-19(15(14)2)22-20(24)17-13-16(9-10-18(17)21)27(25,26)23-11-4-3-5-12-23/h9-10,13-15,19H,3-8,11-12H2,1-2H3,(H,22,24)/t14-,15+,19-/m0/s1. The van der Waals surface area contributed by atoms with Crippen LogP contribution in [0, 0.1) is 11.8 Å². The van der Waals surface area contributed by atoms with Crippen LogP contribution in [0.3, 0.4) is 0 Å². The lowest BCUT2D eigenvalue weighted by atomic mass is 9.78. The Balaban J connectivity index is 1.81. The zero-order chi connectivity index (χ0) is 19.6. The Morgan fingerprint density at radius 1 is 1.11 bits per heavy atom. The molecule has 150 valence electrons. The largest absolute Gasteiger partial charge is 0.349 e. The van der Waals surface area contributed by atoms with Crippen molar-refractivity contribution in [2.45, 2.75) is 63.3 Å². The van der Waals surface area contributed by atoms with Gasteiger partial charge in [-0.3, -0.25) is 4.79 Å². The molecule has 0 bridgehead atoms. The molecule has 1 saturated heterocycles. The van der Waals surface area contributed by atoms with Crippen molar-refractivity contribution < 1.29 is 13.2 Å². The van der Waals surface area contributed by atoms with Gasteiger partial charge in [0.1, 0.15) is 0 Å². The highest BCUT2D eigenvalue weighted by Crippen LogP contribution is 2.30. The Morgan fingerprint density at radius 3 is 2.52 bits per heavy atom. The summed E-state index contributed by atoms with van der Waals surface area (Å²) in [4.78, 5) is 13.0. The predicted molar refractivity (Wildman–Crippen MR) is 107 cm³/mol. The normalized spacial score (nSPS) is 27.3. The van der Waals surface area contributed by atoms with E-state index >= 15 is 0 Å². The third-order valence-electron chi connectivity index (χ3n) is 6.16. The molecule has 1 aromatic carbocycles. The number of hydrogen-bond acceptors (Lipinski definition) is 3. The van der Waals surface area contributed by atoms with Gasteiger partial charge < -0.3 is 5.32 Å². The van der Waals surface area contributed by atoms with Crippen molar-refractivity contribution in [1.82, 2.24) is 9.62 Å². The summed E-state index contributed by atoms with van der Waals surface area (Å²) in [5.41, 5.74) is 0.236. The van der Waals surface area contributed by atoms with Crippen LogP contribution >= 0.6 is 11.6 Å². The molecule has 1 aliphatic carbocycles. The van der Waals surface area contributed by atoms with Gasteiger partial charge in [-0.2, -0.15) is 4.31 Å². The number of rotatable bonds is 4. The van der Waals surface area contributed by atoms with E-state index in [0.717, 1.165) is 32.1 Å². The van der Waals surface area contributed by atoms with Gasteiger partial charge in [-0.25, -0.2) is 8.42 Å². The summed E-state index contributed by atoms with van der Waals surface area (Å²) in [5, 5.41) is 3.36. The second-order valence-corrected chi connectivity index (χ2v) is 10.3. The number of hydrogen-bond donors (Lipinski definition) is 1. The highest BCUT2D eigenvalue weighted by molar-refractivity contribution is 7.89. The van der Waals surface area contributed by atoms with Gasteiger partial charge in [-0.05, 0) is 49.3 Å². The van der Waals surface area contributed by atoms with Crippen LogP contribution in [0.4, 0.5) is 0 Å². The minimum atomic E-state index is -3.59. The first-order chi connectivity index (χ1) is 12.8. The molecule has 1 saturated carbocycles. The smallest absolute Gasteiger partial charge is 0.253 e. The number of nitrogens with one attached hydrogen (secondary N) is 1. The summed E-state index contributed by atoms with van der Waals surface area (Å²) in [6.07, 6.45) is 6.01. The van der Waals surface area contributed by atoms with Crippen LogP contribution in [0.5, 0.6) is 0 Å². The van der Waals surface area contributed by atoms with Gasteiger partial charge >= 0.3 is 0 Å². The molecule has 1 aliphatic heterocycles. The lowest BCUT2D eigenvalue weighted by molar-refractivity contribution is 0.0891. The van der Waals surface area contributed by atoms with Crippen LogP contribution in [0.15, 0.2) is 23.1 Å². The highest BCUT2D eigenvalue weighted by atomic mass is 35.5. The molecule has 2 aliphatic rings. The van der Waals surface area contributed by atoms with Crippen molar-refractivity contribution in [2.75, 3.05) is 13.1 Å². The molecule has 27 heavy (non-hydrogen) atoms. The first kappa shape index (κ1) is 20.6. The predicted octanol–water partition coefficient (Wildman–Crippen LogP) is 4.07. The van der Waals surface area contributed by atoms with E-state index in [1.54, 1.807) is 0 Å². The molecule has 7 heteroatoms. The molecule has 0 aromatic heterocycles. The minimum Gasteiger partial charge on any atom is -0.349 e. The monoisotopic (exact) mass is 412 g/mol.